The van der Waals surface area contributed by atoms with Crippen LogP contribution in [0.5, 0.6) is 11.5 Å². The summed E-state index contributed by atoms with van der Waals surface area (Å²) < 4.78 is 13.5. The van der Waals surface area contributed by atoms with Gasteiger partial charge in [-0.2, -0.15) is 0 Å². The lowest BCUT2D eigenvalue weighted by Crippen LogP contribution is -2.09. The molecule has 0 radical (unpaired) electrons. The van der Waals surface area contributed by atoms with Crippen LogP contribution in [0.2, 0.25) is 5.02 Å². The van der Waals surface area contributed by atoms with Gasteiger partial charge in [0.05, 0.1) is 6.61 Å². The smallest absolute Gasteiger partial charge is 0.243 e. The summed E-state index contributed by atoms with van der Waals surface area (Å²) >= 11 is 5.93. The minimum atomic E-state index is 0.445. The molecule has 148 valence electrons. The summed E-state index contributed by atoms with van der Waals surface area (Å²) in [5.41, 5.74) is 2.09. The standard InChI is InChI=1S/C20H24ClN5O2/c1-3-11-26-20(23-24-25-26)22-13-16-7-10-18(19(12-16)27-4-2)28-14-15-5-8-17(21)9-6-15/h5-10,12H,3-4,11,13-14H2,1-2H3,(H,22,23,25). The van der Waals surface area contributed by atoms with Crippen molar-refractivity contribution < 1.29 is 9.47 Å². The predicted molar refractivity (Wildman–Crippen MR) is 109 cm³/mol. The average Bonchev–Trinajstić information content (AvgIpc) is 3.14. The van der Waals surface area contributed by atoms with Gasteiger partial charge in [-0.3, -0.25) is 0 Å². The van der Waals surface area contributed by atoms with Crippen LogP contribution in [0.1, 0.15) is 31.4 Å². The Kier molecular flexibility index (Phi) is 7.08. The summed E-state index contributed by atoms with van der Waals surface area (Å²) in [7, 11) is 0. The lowest BCUT2D eigenvalue weighted by atomic mass is 10.2. The maximum atomic E-state index is 5.95. The molecule has 0 spiro atoms. The quantitative estimate of drug-likeness (QED) is 0.545. The fraction of sp³-hybridized carbons (Fsp3) is 0.350. The van der Waals surface area contributed by atoms with Crippen LogP contribution < -0.4 is 14.8 Å². The molecule has 0 saturated carbocycles. The van der Waals surface area contributed by atoms with E-state index in [1.807, 2.05) is 49.4 Å². The third-order valence-corrected chi connectivity index (χ3v) is 4.29. The van der Waals surface area contributed by atoms with Crippen LogP contribution in [-0.2, 0) is 19.7 Å². The lowest BCUT2D eigenvalue weighted by molar-refractivity contribution is 0.269. The van der Waals surface area contributed by atoms with Gasteiger partial charge >= 0.3 is 0 Å². The molecule has 0 unspecified atom stereocenters. The third kappa shape index (κ3) is 5.36. The molecule has 1 aromatic heterocycles. The minimum absolute atomic E-state index is 0.445. The van der Waals surface area contributed by atoms with Crippen molar-refractivity contribution in [2.24, 2.45) is 0 Å². The molecule has 1 N–H and O–H groups in total. The lowest BCUT2D eigenvalue weighted by Gasteiger charge is -2.14. The van der Waals surface area contributed by atoms with Gasteiger partial charge in [-0.05, 0) is 59.2 Å². The van der Waals surface area contributed by atoms with E-state index in [2.05, 4.69) is 27.8 Å². The first-order valence-corrected chi connectivity index (χ1v) is 9.70. The van der Waals surface area contributed by atoms with E-state index < -0.39 is 0 Å². The van der Waals surface area contributed by atoms with Crippen molar-refractivity contribution in [1.82, 2.24) is 20.2 Å². The molecule has 1 heterocycles. The number of aromatic nitrogens is 4. The molecule has 28 heavy (non-hydrogen) atoms. The topological polar surface area (TPSA) is 74.1 Å². The zero-order valence-corrected chi connectivity index (χ0v) is 16.8. The molecule has 8 heteroatoms. The van der Waals surface area contributed by atoms with E-state index in [0.29, 0.717) is 42.2 Å². The first-order valence-electron chi connectivity index (χ1n) is 9.32. The summed E-state index contributed by atoms with van der Waals surface area (Å²) in [5.74, 6) is 2.07. The molecule has 0 aliphatic heterocycles. The summed E-state index contributed by atoms with van der Waals surface area (Å²) in [6.45, 7) is 6.40. The number of tetrazole rings is 1. The average molecular weight is 402 g/mol. The molecule has 3 rings (SSSR count). The van der Waals surface area contributed by atoms with Crippen LogP contribution in [-0.4, -0.2) is 26.8 Å². The van der Waals surface area contributed by atoms with Gasteiger partial charge in [0, 0.05) is 18.1 Å². The number of aryl methyl sites for hydroxylation is 1. The number of nitrogens with one attached hydrogen (secondary N) is 1. The second-order valence-electron chi connectivity index (χ2n) is 6.21. The van der Waals surface area contributed by atoms with Crippen LogP contribution >= 0.6 is 11.6 Å². The zero-order valence-electron chi connectivity index (χ0n) is 16.1. The second kappa shape index (κ2) is 9.94. The van der Waals surface area contributed by atoms with Gasteiger partial charge in [-0.15, -0.1) is 0 Å². The van der Waals surface area contributed by atoms with Crippen LogP contribution in [0, 0.1) is 0 Å². The Morgan fingerprint density at radius 1 is 1.00 bits per heavy atom. The van der Waals surface area contributed by atoms with E-state index >= 15 is 0 Å². The Labute approximate surface area is 169 Å². The van der Waals surface area contributed by atoms with Crippen LogP contribution in [0.15, 0.2) is 42.5 Å². The van der Waals surface area contributed by atoms with Crippen LogP contribution in [0.4, 0.5) is 5.95 Å². The van der Waals surface area contributed by atoms with E-state index in [1.54, 1.807) is 4.68 Å². The SMILES string of the molecule is CCCn1nnnc1NCc1ccc(OCc2ccc(Cl)cc2)c(OCC)c1. The van der Waals surface area contributed by atoms with Crippen molar-refractivity contribution in [2.45, 2.75) is 40.0 Å². The minimum Gasteiger partial charge on any atom is -0.490 e. The molecule has 0 atom stereocenters. The molecule has 3 aromatic rings. The Balaban J connectivity index is 1.66. The molecular weight excluding hydrogens is 378 g/mol. The number of hydrogen-bond acceptors (Lipinski definition) is 6. The third-order valence-electron chi connectivity index (χ3n) is 4.03. The summed E-state index contributed by atoms with van der Waals surface area (Å²) in [6, 6.07) is 13.5. The monoisotopic (exact) mass is 401 g/mol. The Morgan fingerprint density at radius 3 is 2.54 bits per heavy atom. The number of hydrogen-bond donors (Lipinski definition) is 1. The molecule has 2 aromatic carbocycles. The number of halogens is 1. The Hall–Kier alpha value is -2.80. The largest absolute Gasteiger partial charge is 0.490 e. The molecule has 0 aliphatic rings. The molecule has 0 aliphatic carbocycles. The van der Waals surface area contributed by atoms with E-state index in [1.165, 1.54) is 0 Å². The highest BCUT2D eigenvalue weighted by atomic mass is 35.5. The fourth-order valence-electron chi connectivity index (χ4n) is 2.67. The molecule has 0 saturated heterocycles. The predicted octanol–water partition coefficient (Wildman–Crippen LogP) is 4.33. The Morgan fingerprint density at radius 2 is 1.79 bits per heavy atom. The van der Waals surface area contributed by atoms with Crippen molar-refractivity contribution in [2.75, 3.05) is 11.9 Å². The van der Waals surface area contributed by atoms with E-state index in [4.69, 9.17) is 21.1 Å². The first-order chi connectivity index (χ1) is 13.7. The van der Waals surface area contributed by atoms with Crippen molar-refractivity contribution in [3.63, 3.8) is 0 Å². The van der Waals surface area contributed by atoms with Gasteiger partial charge < -0.3 is 14.8 Å². The molecule has 0 amide bonds. The van der Waals surface area contributed by atoms with E-state index in [9.17, 15) is 0 Å². The van der Waals surface area contributed by atoms with Crippen molar-refractivity contribution in [1.29, 1.82) is 0 Å². The Bertz CT molecular complexity index is 883. The zero-order chi connectivity index (χ0) is 19.8. The molecule has 7 nitrogen and oxygen atoms in total. The summed E-state index contributed by atoms with van der Waals surface area (Å²) in [4.78, 5) is 0. The van der Waals surface area contributed by atoms with Gasteiger partial charge in [0.2, 0.25) is 5.95 Å². The maximum Gasteiger partial charge on any atom is 0.243 e. The highest BCUT2D eigenvalue weighted by Crippen LogP contribution is 2.29. The van der Waals surface area contributed by atoms with E-state index in [-0.39, 0.29) is 0 Å². The van der Waals surface area contributed by atoms with E-state index in [0.717, 1.165) is 24.1 Å². The van der Waals surface area contributed by atoms with Gasteiger partial charge in [0.1, 0.15) is 6.61 Å². The summed E-state index contributed by atoms with van der Waals surface area (Å²) in [5, 5.41) is 15.7. The van der Waals surface area contributed by atoms with Crippen molar-refractivity contribution in [3.8, 4) is 11.5 Å². The number of benzene rings is 2. The fourth-order valence-corrected chi connectivity index (χ4v) is 2.79. The number of ether oxygens (including phenoxy) is 2. The second-order valence-corrected chi connectivity index (χ2v) is 6.64. The molecular formula is C20H24ClN5O2. The van der Waals surface area contributed by atoms with Gasteiger partial charge in [-0.1, -0.05) is 41.8 Å². The van der Waals surface area contributed by atoms with Gasteiger partial charge in [0.25, 0.3) is 0 Å². The number of anilines is 1. The first kappa shape index (κ1) is 19.9. The maximum absolute atomic E-state index is 5.95. The van der Waals surface area contributed by atoms with Gasteiger partial charge in [0.15, 0.2) is 11.5 Å². The normalized spacial score (nSPS) is 10.7. The van der Waals surface area contributed by atoms with Crippen LogP contribution in [0.3, 0.4) is 0 Å². The summed E-state index contributed by atoms with van der Waals surface area (Å²) in [6.07, 6.45) is 0.966. The van der Waals surface area contributed by atoms with Crippen LogP contribution in [0.25, 0.3) is 0 Å². The highest BCUT2D eigenvalue weighted by Gasteiger charge is 2.09. The van der Waals surface area contributed by atoms with Crippen molar-refractivity contribution >= 4 is 17.5 Å². The van der Waals surface area contributed by atoms with Gasteiger partial charge in [-0.25, -0.2) is 4.68 Å². The van der Waals surface area contributed by atoms with Crippen molar-refractivity contribution in [3.05, 3.63) is 58.6 Å². The number of rotatable bonds is 10. The number of nitrogens with zero attached hydrogens (tertiary/aromatic N) is 4. The molecule has 0 bridgehead atoms. The molecule has 0 fully saturated rings. The highest BCUT2D eigenvalue weighted by molar-refractivity contribution is 6.30.